The van der Waals surface area contributed by atoms with Crippen molar-refractivity contribution in [3.05, 3.63) is 27.7 Å². The molecule has 0 saturated carbocycles. The lowest BCUT2D eigenvalue weighted by Crippen LogP contribution is -2.22. The van der Waals surface area contributed by atoms with Crippen LogP contribution in [-0.2, 0) is 0 Å². The van der Waals surface area contributed by atoms with E-state index >= 15 is 0 Å². The maximum Gasteiger partial charge on any atom is 0.192 e. The van der Waals surface area contributed by atoms with Crippen molar-refractivity contribution < 1.29 is 0 Å². The predicted molar refractivity (Wildman–Crippen MR) is 60.3 cm³/mol. The van der Waals surface area contributed by atoms with Gasteiger partial charge in [0, 0.05) is 7.05 Å². The van der Waals surface area contributed by atoms with Crippen LogP contribution in [-0.4, -0.2) is 13.0 Å². The molecule has 5 heteroatoms. The fourth-order valence-corrected chi connectivity index (χ4v) is 1.33. The molecule has 0 fully saturated rings. The van der Waals surface area contributed by atoms with E-state index in [1.807, 2.05) is 12.1 Å². The minimum atomic E-state index is 0.350. The highest BCUT2D eigenvalue weighted by Crippen LogP contribution is 2.29. The summed E-state index contributed by atoms with van der Waals surface area (Å²) in [6.07, 6.45) is 0. The van der Waals surface area contributed by atoms with E-state index in [9.17, 15) is 0 Å². The summed E-state index contributed by atoms with van der Waals surface area (Å²) in [5.74, 6) is 0.350. The van der Waals surface area contributed by atoms with E-state index in [0.717, 1.165) is 10.2 Å². The Kier molecular flexibility index (Phi) is 3.57. The molecule has 0 aliphatic heterocycles. The van der Waals surface area contributed by atoms with Gasteiger partial charge in [-0.15, -0.1) is 0 Å². The minimum absolute atomic E-state index is 0.350. The van der Waals surface area contributed by atoms with Gasteiger partial charge in [-0.2, -0.15) is 0 Å². The number of hydrogen-bond acceptors (Lipinski definition) is 1. The van der Waals surface area contributed by atoms with Gasteiger partial charge >= 0.3 is 0 Å². The second-order valence-corrected chi connectivity index (χ2v) is 3.54. The number of aliphatic imine (C=N–C) groups is 1. The normalized spacial score (nSPS) is 11.5. The van der Waals surface area contributed by atoms with E-state index in [0.29, 0.717) is 11.0 Å². The number of nitrogens with zero attached hydrogens (tertiary/aromatic N) is 1. The zero-order chi connectivity index (χ0) is 9.84. The Hall–Kier alpha value is -0.740. The number of hydrogen-bond donors (Lipinski definition) is 2. The molecule has 0 aliphatic rings. The lowest BCUT2D eigenvalue weighted by atomic mass is 10.3. The molecule has 0 atom stereocenters. The van der Waals surface area contributed by atoms with E-state index in [-0.39, 0.29) is 0 Å². The molecule has 70 valence electrons. The van der Waals surface area contributed by atoms with E-state index in [4.69, 9.17) is 17.3 Å². The van der Waals surface area contributed by atoms with Crippen molar-refractivity contribution in [3.63, 3.8) is 0 Å². The third-order valence-corrected chi connectivity index (χ3v) is 2.85. The SMILES string of the molecule is CN=C(N)Nc1cccc(Cl)c1Br. The van der Waals surface area contributed by atoms with E-state index in [2.05, 4.69) is 26.2 Å². The van der Waals surface area contributed by atoms with Gasteiger partial charge in [0.1, 0.15) is 0 Å². The number of nitrogens with two attached hydrogens (primary N) is 1. The molecule has 1 aromatic carbocycles. The molecule has 0 heterocycles. The monoisotopic (exact) mass is 261 g/mol. The molecule has 0 radical (unpaired) electrons. The highest BCUT2D eigenvalue weighted by molar-refractivity contribution is 9.10. The molecule has 0 saturated heterocycles. The van der Waals surface area contributed by atoms with Gasteiger partial charge < -0.3 is 11.1 Å². The van der Waals surface area contributed by atoms with Crippen molar-refractivity contribution in [1.29, 1.82) is 0 Å². The molecule has 3 nitrogen and oxygen atoms in total. The Balaban J connectivity index is 2.96. The Morgan fingerprint density at radius 3 is 2.92 bits per heavy atom. The maximum atomic E-state index is 5.87. The van der Waals surface area contributed by atoms with Gasteiger partial charge in [0.2, 0.25) is 0 Å². The van der Waals surface area contributed by atoms with Gasteiger partial charge in [0.25, 0.3) is 0 Å². The summed E-state index contributed by atoms with van der Waals surface area (Å²) in [6.45, 7) is 0. The fraction of sp³-hybridized carbons (Fsp3) is 0.125. The zero-order valence-corrected chi connectivity index (χ0v) is 9.35. The average Bonchev–Trinajstić information content (AvgIpc) is 2.13. The first-order valence-electron chi connectivity index (χ1n) is 3.58. The van der Waals surface area contributed by atoms with Gasteiger partial charge in [-0.25, -0.2) is 0 Å². The van der Waals surface area contributed by atoms with Crippen LogP contribution in [0, 0.1) is 0 Å². The van der Waals surface area contributed by atoms with Crippen LogP contribution in [0.25, 0.3) is 0 Å². The van der Waals surface area contributed by atoms with Crippen LogP contribution in [0.4, 0.5) is 5.69 Å². The van der Waals surface area contributed by atoms with Gasteiger partial charge in [0.05, 0.1) is 15.2 Å². The van der Waals surface area contributed by atoms with Crippen molar-refractivity contribution >= 4 is 39.2 Å². The van der Waals surface area contributed by atoms with Crippen LogP contribution in [0.15, 0.2) is 27.7 Å². The number of anilines is 1. The van der Waals surface area contributed by atoms with E-state index in [1.165, 1.54) is 0 Å². The van der Waals surface area contributed by atoms with Crippen LogP contribution in [0.5, 0.6) is 0 Å². The molecule has 0 bridgehead atoms. The van der Waals surface area contributed by atoms with Crippen LogP contribution in [0.1, 0.15) is 0 Å². The second kappa shape index (κ2) is 4.48. The van der Waals surface area contributed by atoms with Crippen molar-refractivity contribution in [1.82, 2.24) is 0 Å². The molecular formula is C8H9BrClN3. The predicted octanol–water partition coefficient (Wildman–Crippen LogP) is 2.46. The van der Waals surface area contributed by atoms with Gasteiger partial charge in [0.15, 0.2) is 5.96 Å². The fourth-order valence-electron chi connectivity index (χ4n) is 0.794. The Morgan fingerprint density at radius 1 is 1.62 bits per heavy atom. The Bertz CT molecular complexity index is 338. The second-order valence-electron chi connectivity index (χ2n) is 2.34. The summed E-state index contributed by atoms with van der Waals surface area (Å²) in [4.78, 5) is 3.77. The largest absolute Gasteiger partial charge is 0.370 e. The summed E-state index contributed by atoms with van der Waals surface area (Å²) in [7, 11) is 1.61. The average molecular weight is 263 g/mol. The lowest BCUT2D eigenvalue weighted by molar-refractivity contribution is 1.38. The highest BCUT2D eigenvalue weighted by Gasteiger charge is 2.03. The summed E-state index contributed by atoms with van der Waals surface area (Å²) in [5.41, 5.74) is 6.30. The quantitative estimate of drug-likeness (QED) is 0.603. The topological polar surface area (TPSA) is 50.4 Å². The van der Waals surface area contributed by atoms with E-state index < -0.39 is 0 Å². The van der Waals surface area contributed by atoms with Crippen molar-refractivity contribution in [2.45, 2.75) is 0 Å². The molecule has 0 amide bonds. The number of nitrogens with one attached hydrogen (secondary N) is 1. The molecule has 3 N–H and O–H groups in total. The highest BCUT2D eigenvalue weighted by atomic mass is 79.9. The van der Waals surface area contributed by atoms with Crippen molar-refractivity contribution in [2.24, 2.45) is 10.7 Å². The van der Waals surface area contributed by atoms with Gasteiger partial charge in [-0.1, -0.05) is 17.7 Å². The van der Waals surface area contributed by atoms with Crippen molar-refractivity contribution in [2.75, 3.05) is 12.4 Å². The van der Waals surface area contributed by atoms with Gasteiger partial charge in [-0.3, -0.25) is 4.99 Å². The molecule has 1 rings (SSSR count). The molecule has 0 spiro atoms. The number of rotatable bonds is 1. The number of benzene rings is 1. The van der Waals surface area contributed by atoms with Crippen LogP contribution < -0.4 is 11.1 Å². The molecule has 13 heavy (non-hydrogen) atoms. The third kappa shape index (κ3) is 2.60. The van der Waals surface area contributed by atoms with E-state index in [1.54, 1.807) is 13.1 Å². The van der Waals surface area contributed by atoms with Crippen LogP contribution in [0.2, 0.25) is 5.02 Å². The standard InChI is InChI=1S/C8H9BrClN3/c1-12-8(11)13-6-4-2-3-5(10)7(6)9/h2-4H,1H3,(H3,11,12,13). The molecule has 0 unspecified atom stereocenters. The first-order valence-corrected chi connectivity index (χ1v) is 4.75. The third-order valence-electron chi connectivity index (χ3n) is 1.46. The molecule has 0 aliphatic carbocycles. The maximum absolute atomic E-state index is 5.87. The number of guanidine groups is 1. The Labute approximate surface area is 90.1 Å². The summed E-state index contributed by atoms with van der Waals surface area (Å²) >= 11 is 9.21. The first kappa shape index (κ1) is 10.3. The minimum Gasteiger partial charge on any atom is -0.370 e. The molecule has 1 aromatic rings. The smallest absolute Gasteiger partial charge is 0.192 e. The summed E-state index contributed by atoms with van der Waals surface area (Å²) in [5, 5.41) is 3.53. The number of halogens is 2. The summed E-state index contributed by atoms with van der Waals surface area (Å²) in [6, 6.07) is 5.47. The van der Waals surface area contributed by atoms with Crippen molar-refractivity contribution in [3.8, 4) is 0 Å². The van der Waals surface area contributed by atoms with Gasteiger partial charge in [-0.05, 0) is 28.1 Å². The zero-order valence-electron chi connectivity index (χ0n) is 7.01. The lowest BCUT2D eigenvalue weighted by Gasteiger charge is -2.07. The first-order chi connectivity index (χ1) is 6.15. The molecular weight excluding hydrogens is 253 g/mol. The summed E-state index contributed by atoms with van der Waals surface area (Å²) < 4.78 is 0.781. The Morgan fingerprint density at radius 2 is 2.31 bits per heavy atom. The molecule has 0 aromatic heterocycles. The van der Waals surface area contributed by atoms with Crippen LogP contribution in [0.3, 0.4) is 0 Å². The van der Waals surface area contributed by atoms with Crippen LogP contribution >= 0.6 is 27.5 Å².